The van der Waals surface area contributed by atoms with Gasteiger partial charge in [0.15, 0.2) is 0 Å². The van der Waals surface area contributed by atoms with Crippen LogP contribution in [0.15, 0.2) is 29.1 Å². The third-order valence-corrected chi connectivity index (χ3v) is 4.97. The Kier molecular flexibility index (Phi) is 3.26. The van der Waals surface area contributed by atoms with Crippen LogP contribution < -0.4 is 11.0 Å². The van der Waals surface area contributed by atoms with E-state index in [-0.39, 0.29) is 18.1 Å². The maximum Gasteiger partial charge on any atom is 0.329 e. The minimum absolute atomic E-state index is 0.0431. The number of imidazole rings is 1. The number of aryl methyl sites for hydroxylation is 1. The topological polar surface area (TPSA) is 81.8 Å². The Hall–Kier alpha value is -2.48. The van der Waals surface area contributed by atoms with E-state index in [1.807, 2.05) is 24.3 Å². The number of amides is 1. The van der Waals surface area contributed by atoms with Crippen molar-refractivity contribution in [3.63, 3.8) is 0 Å². The van der Waals surface area contributed by atoms with Gasteiger partial charge in [-0.15, -0.1) is 10.2 Å². The van der Waals surface area contributed by atoms with Crippen molar-refractivity contribution in [2.45, 2.75) is 25.3 Å². The average molecular weight is 329 g/mol. The summed E-state index contributed by atoms with van der Waals surface area (Å²) in [6.45, 7) is -0.0431. The number of hydrogen-bond acceptors (Lipinski definition) is 5. The first-order valence-electron chi connectivity index (χ1n) is 7.41. The van der Waals surface area contributed by atoms with Crippen LogP contribution in [0.4, 0.5) is 5.13 Å². The Morgan fingerprint density at radius 3 is 2.78 bits per heavy atom. The van der Waals surface area contributed by atoms with Crippen LogP contribution >= 0.6 is 11.3 Å². The summed E-state index contributed by atoms with van der Waals surface area (Å²) in [5.74, 6) is 0.237. The normalized spacial score (nSPS) is 14.3. The molecule has 7 nitrogen and oxygen atoms in total. The molecule has 1 fully saturated rings. The summed E-state index contributed by atoms with van der Waals surface area (Å²) in [5.41, 5.74) is 1.33. The van der Waals surface area contributed by atoms with E-state index in [1.54, 1.807) is 11.6 Å². The molecule has 1 N–H and O–H groups in total. The van der Waals surface area contributed by atoms with Crippen molar-refractivity contribution in [2.75, 3.05) is 5.32 Å². The summed E-state index contributed by atoms with van der Waals surface area (Å²) in [4.78, 5) is 24.5. The number of hydrogen-bond donors (Lipinski definition) is 1. The van der Waals surface area contributed by atoms with Gasteiger partial charge in [-0.2, -0.15) is 0 Å². The fraction of sp³-hybridized carbons (Fsp3) is 0.333. The van der Waals surface area contributed by atoms with Gasteiger partial charge in [0, 0.05) is 13.0 Å². The first-order valence-corrected chi connectivity index (χ1v) is 8.22. The van der Waals surface area contributed by atoms with Crippen molar-refractivity contribution in [3.05, 3.63) is 39.8 Å². The number of rotatable bonds is 4. The Labute approximate surface area is 135 Å². The molecule has 8 heteroatoms. The first-order chi connectivity index (χ1) is 11.1. The van der Waals surface area contributed by atoms with Gasteiger partial charge in [0.1, 0.15) is 11.6 Å². The van der Waals surface area contributed by atoms with Crippen molar-refractivity contribution in [1.29, 1.82) is 0 Å². The zero-order chi connectivity index (χ0) is 16.0. The average Bonchev–Trinajstić information content (AvgIpc) is 3.26. The molecule has 0 unspecified atom stereocenters. The van der Waals surface area contributed by atoms with Gasteiger partial charge in [0.05, 0.1) is 11.0 Å². The lowest BCUT2D eigenvalue weighted by Gasteiger charge is -2.02. The molecular formula is C15H15N5O2S. The fourth-order valence-electron chi connectivity index (χ4n) is 2.60. The largest absolute Gasteiger partial charge is 0.329 e. The highest BCUT2D eigenvalue weighted by Gasteiger charge is 2.27. The van der Waals surface area contributed by atoms with Gasteiger partial charge in [0.25, 0.3) is 0 Å². The number of carbonyl (C=O) groups is 1. The first kappa shape index (κ1) is 14.1. The van der Waals surface area contributed by atoms with Crippen molar-refractivity contribution in [2.24, 2.45) is 7.05 Å². The van der Waals surface area contributed by atoms with Crippen molar-refractivity contribution in [1.82, 2.24) is 19.3 Å². The van der Waals surface area contributed by atoms with E-state index in [1.165, 1.54) is 15.9 Å². The van der Waals surface area contributed by atoms with E-state index < -0.39 is 0 Å². The van der Waals surface area contributed by atoms with Crippen LogP contribution in [0, 0.1) is 0 Å². The van der Waals surface area contributed by atoms with Gasteiger partial charge in [-0.25, -0.2) is 4.79 Å². The number of nitrogens with one attached hydrogen (secondary N) is 1. The van der Waals surface area contributed by atoms with Crippen LogP contribution in [0.25, 0.3) is 11.0 Å². The maximum atomic E-state index is 12.3. The van der Waals surface area contributed by atoms with E-state index in [4.69, 9.17) is 0 Å². The molecule has 0 bridgehead atoms. The fourth-order valence-corrected chi connectivity index (χ4v) is 3.53. The van der Waals surface area contributed by atoms with E-state index in [0.717, 1.165) is 28.9 Å². The predicted molar refractivity (Wildman–Crippen MR) is 87.7 cm³/mol. The molecule has 118 valence electrons. The Morgan fingerprint density at radius 1 is 1.30 bits per heavy atom. The van der Waals surface area contributed by atoms with Crippen LogP contribution in [0.3, 0.4) is 0 Å². The minimum Gasteiger partial charge on any atom is -0.299 e. The molecule has 2 aromatic heterocycles. The summed E-state index contributed by atoms with van der Waals surface area (Å²) in [7, 11) is 1.70. The maximum absolute atomic E-state index is 12.3. The number of aromatic nitrogens is 4. The highest BCUT2D eigenvalue weighted by molar-refractivity contribution is 7.15. The number of para-hydroxylation sites is 2. The molecule has 1 aromatic carbocycles. The summed E-state index contributed by atoms with van der Waals surface area (Å²) >= 11 is 1.41. The van der Waals surface area contributed by atoms with Crippen LogP contribution in [0.2, 0.25) is 0 Å². The molecule has 0 atom stereocenters. The van der Waals surface area contributed by atoms with Gasteiger partial charge >= 0.3 is 5.69 Å². The zero-order valence-corrected chi connectivity index (χ0v) is 13.3. The molecule has 1 amide bonds. The second-order valence-electron chi connectivity index (χ2n) is 5.68. The SMILES string of the molecule is Cn1c(=O)n(CC(=O)Nc2nnc(C3CC3)s2)c2ccccc21. The Morgan fingerprint density at radius 2 is 2.04 bits per heavy atom. The third kappa shape index (κ3) is 2.55. The van der Waals surface area contributed by atoms with Gasteiger partial charge < -0.3 is 0 Å². The minimum atomic E-state index is -0.276. The molecule has 0 radical (unpaired) electrons. The van der Waals surface area contributed by atoms with E-state index >= 15 is 0 Å². The van der Waals surface area contributed by atoms with Crippen molar-refractivity contribution >= 4 is 33.4 Å². The number of carbonyl (C=O) groups excluding carboxylic acids is 1. The summed E-state index contributed by atoms with van der Waals surface area (Å²) in [6, 6.07) is 7.41. The second-order valence-corrected chi connectivity index (χ2v) is 6.69. The Bertz CT molecular complexity index is 950. The van der Waals surface area contributed by atoms with Crippen LogP contribution in [-0.4, -0.2) is 25.2 Å². The molecule has 1 saturated carbocycles. The van der Waals surface area contributed by atoms with Crippen molar-refractivity contribution < 1.29 is 4.79 Å². The molecule has 4 rings (SSSR count). The lowest BCUT2D eigenvalue weighted by molar-refractivity contribution is -0.116. The van der Waals surface area contributed by atoms with Gasteiger partial charge in [0.2, 0.25) is 11.0 Å². The van der Waals surface area contributed by atoms with E-state index in [9.17, 15) is 9.59 Å². The number of fused-ring (bicyclic) bond motifs is 1. The van der Waals surface area contributed by atoms with Gasteiger partial charge in [-0.1, -0.05) is 23.5 Å². The molecule has 23 heavy (non-hydrogen) atoms. The predicted octanol–water partition coefficient (Wildman–Crippen LogP) is 1.71. The van der Waals surface area contributed by atoms with Crippen LogP contribution in [-0.2, 0) is 18.4 Å². The quantitative estimate of drug-likeness (QED) is 0.790. The highest BCUT2D eigenvalue weighted by atomic mass is 32.1. The molecule has 1 aliphatic rings. The molecule has 2 heterocycles. The van der Waals surface area contributed by atoms with E-state index in [0.29, 0.717) is 11.0 Å². The summed E-state index contributed by atoms with van der Waals surface area (Å²) < 4.78 is 3.01. The molecule has 0 saturated heterocycles. The number of nitrogens with zero attached hydrogens (tertiary/aromatic N) is 4. The number of anilines is 1. The molecule has 0 aliphatic heterocycles. The molecule has 0 spiro atoms. The van der Waals surface area contributed by atoms with E-state index in [2.05, 4.69) is 15.5 Å². The lowest BCUT2D eigenvalue weighted by Crippen LogP contribution is -2.28. The summed E-state index contributed by atoms with van der Waals surface area (Å²) in [6.07, 6.45) is 2.29. The third-order valence-electron chi connectivity index (χ3n) is 3.97. The van der Waals surface area contributed by atoms with Crippen LogP contribution in [0.1, 0.15) is 23.8 Å². The Balaban J connectivity index is 1.56. The van der Waals surface area contributed by atoms with Crippen molar-refractivity contribution in [3.8, 4) is 0 Å². The summed E-state index contributed by atoms with van der Waals surface area (Å²) in [5, 5.41) is 12.3. The lowest BCUT2D eigenvalue weighted by atomic mass is 10.3. The monoisotopic (exact) mass is 329 g/mol. The number of benzene rings is 1. The standard InChI is InChI=1S/C15H15N5O2S/c1-19-10-4-2-3-5-11(10)20(15(19)22)8-12(21)16-14-18-17-13(23-14)9-6-7-9/h2-5,9H,6-8H2,1H3,(H,16,18,21). The van der Waals surface area contributed by atoms with Gasteiger partial charge in [-0.3, -0.25) is 19.2 Å². The smallest absolute Gasteiger partial charge is 0.299 e. The van der Waals surface area contributed by atoms with Gasteiger partial charge in [-0.05, 0) is 25.0 Å². The second kappa shape index (κ2) is 5.31. The molecular weight excluding hydrogens is 314 g/mol. The molecule has 1 aliphatic carbocycles. The van der Waals surface area contributed by atoms with Crippen LogP contribution in [0.5, 0.6) is 0 Å². The molecule has 3 aromatic rings. The zero-order valence-electron chi connectivity index (χ0n) is 12.5. The highest BCUT2D eigenvalue weighted by Crippen LogP contribution is 2.42.